The molecule has 4 aromatic rings. The average Bonchev–Trinajstić information content (AvgIpc) is 3.31. The zero-order chi connectivity index (χ0) is 27.6. The number of rotatable bonds is 14. The first-order valence-electron chi connectivity index (χ1n) is 14.7. The van der Waals surface area contributed by atoms with Crippen LogP contribution in [0.25, 0.3) is 10.9 Å². The summed E-state index contributed by atoms with van der Waals surface area (Å²) in [6, 6.07) is 28.1. The van der Waals surface area contributed by atoms with Gasteiger partial charge in [-0.15, -0.1) is 0 Å². The molecule has 39 heavy (non-hydrogen) atoms. The summed E-state index contributed by atoms with van der Waals surface area (Å²) >= 11 is 0. The minimum absolute atomic E-state index is 0.0967. The molecule has 0 bridgehead atoms. The van der Waals surface area contributed by atoms with Gasteiger partial charge in [0, 0.05) is 36.1 Å². The molecule has 3 aromatic carbocycles. The second-order valence-corrected chi connectivity index (χ2v) is 10.9. The first kappa shape index (κ1) is 28.6. The summed E-state index contributed by atoms with van der Waals surface area (Å²) in [4.78, 5) is 15.8. The molecule has 1 N–H and O–H groups in total. The third-order valence-electron chi connectivity index (χ3n) is 7.90. The Labute approximate surface area is 235 Å². The van der Waals surface area contributed by atoms with Gasteiger partial charge in [-0.1, -0.05) is 92.2 Å². The lowest BCUT2D eigenvalue weighted by molar-refractivity contribution is -0.122. The molecule has 1 aromatic heterocycles. The molecule has 1 amide bonds. The molecule has 0 saturated heterocycles. The molecule has 4 heteroatoms. The van der Waals surface area contributed by atoms with Crippen molar-refractivity contribution in [3.63, 3.8) is 0 Å². The third kappa shape index (κ3) is 8.06. The summed E-state index contributed by atoms with van der Waals surface area (Å²) in [5.41, 5.74) is 6.29. The first-order valence-corrected chi connectivity index (χ1v) is 14.7. The number of aromatic nitrogens is 1. The lowest BCUT2D eigenvalue weighted by atomic mass is 9.88. The summed E-state index contributed by atoms with van der Waals surface area (Å²) in [5, 5.41) is 4.55. The lowest BCUT2D eigenvalue weighted by Crippen LogP contribution is -2.34. The Morgan fingerprint density at radius 2 is 1.59 bits per heavy atom. The van der Waals surface area contributed by atoms with Crippen molar-refractivity contribution in [3.05, 3.63) is 107 Å². The van der Waals surface area contributed by atoms with E-state index in [0.717, 1.165) is 45.4 Å². The van der Waals surface area contributed by atoms with Crippen LogP contribution in [0.15, 0.2) is 85.1 Å². The van der Waals surface area contributed by atoms with Gasteiger partial charge in [0.1, 0.15) is 0 Å². The van der Waals surface area contributed by atoms with E-state index in [2.05, 4.69) is 128 Å². The van der Waals surface area contributed by atoms with Gasteiger partial charge in [0.25, 0.3) is 0 Å². The molecular formula is C35H45N3O. The highest BCUT2D eigenvalue weighted by molar-refractivity contribution is 5.86. The number of nitrogens with zero attached hydrogens (tertiary/aromatic N) is 2. The highest BCUT2D eigenvalue weighted by Crippen LogP contribution is 2.33. The monoisotopic (exact) mass is 523 g/mol. The van der Waals surface area contributed by atoms with Crippen LogP contribution in [0.2, 0.25) is 0 Å². The maximum atomic E-state index is 13.4. The van der Waals surface area contributed by atoms with Crippen LogP contribution < -0.4 is 5.32 Å². The SMILES string of the molecule is CCN(CC)CCCC(C)NC(=O)CC(Cc1ccccc1)c1cn(Cc2ccc(C)cc2)c2ccccc12. The van der Waals surface area contributed by atoms with E-state index in [9.17, 15) is 4.79 Å². The van der Waals surface area contributed by atoms with E-state index in [0.29, 0.717) is 6.42 Å². The van der Waals surface area contributed by atoms with Crippen molar-refractivity contribution in [2.24, 2.45) is 0 Å². The second-order valence-electron chi connectivity index (χ2n) is 10.9. The van der Waals surface area contributed by atoms with Gasteiger partial charge >= 0.3 is 0 Å². The van der Waals surface area contributed by atoms with Crippen LogP contribution in [0, 0.1) is 6.92 Å². The molecule has 4 nitrogen and oxygen atoms in total. The maximum absolute atomic E-state index is 13.4. The quantitative estimate of drug-likeness (QED) is 0.188. The van der Waals surface area contributed by atoms with Gasteiger partial charge in [-0.05, 0) is 81.4 Å². The third-order valence-corrected chi connectivity index (χ3v) is 7.90. The Bertz CT molecular complexity index is 1300. The standard InChI is InChI=1S/C35H45N3O/c1-5-37(6-2)22-12-13-28(4)36-35(39)24-31(23-29-14-8-7-9-15-29)33-26-38(34-17-11-10-16-32(33)34)25-30-20-18-27(3)19-21-30/h7-11,14-21,26,28,31H,5-6,12-13,22-25H2,1-4H3,(H,36,39). The molecule has 0 spiro atoms. The second kappa shape index (κ2) is 14.1. The van der Waals surface area contributed by atoms with E-state index in [1.165, 1.54) is 33.2 Å². The topological polar surface area (TPSA) is 37.3 Å². The number of benzene rings is 3. The van der Waals surface area contributed by atoms with Crippen LogP contribution in [0.5, 0.6) is 0 Å². The summed E-state index contributed by atoms with van der Waals surface area (Å²) in [6.07, 6.45) is 5.71. The predicted octanol–water partition coefficient (Wildman–Crippen LogP) is 7.34. The highest BCUT2D eigenvalue weighted by Gasteiger charge is 2.22. The Balaban J connectivity index is 1.54. The van der Waals surface area contributed by atoms with Gasteiger partial charge in [-0.25, -0.2) is 0 Å². The number of fused-ring (bicyclic) bond motifs is 1. The van der Waals surface area contributed by atoms with Gasteiger partial charge in [0.15, 0.2) is 0 Å². The fourth-order valence-corrected chi connectivity index (χ4v) is 5.60. The molecule has 0 aliphatic rings. The summed E-state index contributed by atoms with van der Waals surface area (Å²) in [7, 11) is 0. The Morgan fingerprint density at radius 1 is 0.897 bits per heavy atom. The predicted molar refractivity (Wildman–Crippen MR) is 164 cm³/mol. The zero-order valence-electron chi connectivity index (χ0n) is 24.2. The average molecular weight is 524 g/mol. The number of carbonyl (C=O) groups is 1. The van der Waals surface area contributed by atoms with Gasteiger partial charge in [0.2, 0.25) is 5.91 Å². The fraction of sp³-hybridized carbons (Fsp3) is 0.400. The molecule has 0 radical (unpaired) electrons. The zero-order valence-corrected chi connectivity index (χ0v) is 24.2. The maximum Gasteiger partial charge on any atom is 0.220 e. The smallest absolute Gasteiger partial charge is 0.220 e. The van der Waals surface area contributed by atoms with Crippen molar-refractivity contribution in [1.82, 2.24) is 14.8 Å². The van der Waals surface area contributed by atoms with E-state index in [1.54, 1.807) is 0 Å². The van der Waals surface area contributed by atoms with Crippen LogP contribution in [0.3, 0.4) is 0 Å². The Hall–Kier alpha value is -3.37. The molecule has 0 aliphatic carbocycles. The minimum Gasteiger partial charge on any atom is -0.354 e. The minimum atomic E-state index is 0.0967. The van der Waals surface area contributed by atoms with Gasteiger partial charge in [-0.3, -0.25) is 4.79 Å². The number of nitrogens with one attached hydrogen (secondary N) is 1. The number of amides is 1. The highest BCUT2D eigenvalue weighted by atomic mass is 16.1. The molecule has 2 unspecified atom stereocenters. The largest absolute Gasteiger partial charge is 0.354 e. The number of hydrogen-bond acceptors (Lipinski definition) is 2. The van der Waals surface area contributed by atoms with E-state index in [1.807, 2.05) is 0 Å². The molecule has 0 fully saturated rings. The molecule has 4 rings (SSSR count). The van der Waals surface area contributed by atoms with Crippen LogP contribution >= 0.6 is 0 Å². The van der Waals surface area contributed by atoms with Crippen molar-refractivity contribution < 1.29 is 4.79 Å². The van der Waals surface area contributed by atoms with Crippen LogP contribution in [-0.4, -0.2) is 41.1 Å². The fourth-order valence-electron chi connectivity index (χ4n) is 5.60. The van der Waals surface area contributed by atoms with Crippen molar-refractivity contribution in [1.29, 1.82) is 0 Å². The van der Waals surface area contributed by atoms with E-state index in [-0.39, 0.29) is 17.9 Å². The summed E-state index contributed by atoms with van der Waals surface area (Å²) in [6.45, 7) is 12.7. The lowest BCUT2D eigenvalue weighted by Gasteiger charge is -2.21. The van der Waals surface area contributed by atoms with Crippen LogP contribution in [0.1, 0.15) is 68.2 Å². The number of hydrogen-bond donors (Lipinski definition) is 1. The molecule has 0 saturated carbocycles. The van der Waals surface area contributed by atoms with E-state index < -0.39 is 0 Å². The molecule has 1 heterocycles. The van der Waals surface area contributed by atoms with Crippen molar-refractivity contribution in [2.75, 3.05) is 19.6 Å². The van der Waals surface area contributed by atoms with Gasteiger partial charge in [0.05, 0.1) is 0 Å². The van der Waals surface area contributed by atoms with Gasteiger partial charge < -0.3 is 14.8 Å². The molecule has 2 atom stereocenters. The van der Waals surface area contributed by atoms with E-state index in [4.69, 9.17) is 0 Å². The molecular weight excluding hydrogens is 478 g/mol. The van der Waals surface area contributed by atoms with Crippen LogP contribution in [-0.2, 0) is 17.8 Å². The first-order chi connectivity index (χ1) is 19.0. The van der Waals surface area contributed by atoms with Gasteiger partial charge in [-0.2, -0.15) is 0 Å². The molecule has 0 aliphatic heterocycles. The number of para-hydroxylation sites is 1. The van der Waals surface area contributed by atoms with Crippen molar-refractivity contribution in [2.45, 2.75) is 71.9 Å². The van der Waals surface area contributed by atoms with Crippen molar-refractivity contribution >= 4 is 16.8 Å². The Morgan fingerprint density at radius 3 is 2.31 bits per heavy atom. The number of carbonyl (C=O) groups excluding carboxylic acids is 1. The Kier molecular flexibility index (Phi) is 10.4. The normalized spacial score (nSPS) is 13.1. The summed E-state index contributed by atoms with van der Waals surface area (Å²) < 4.78 is 2.35. The van der Waals surface area contributed by atoms with Crippen LogP contribution in [0.4, 0.5) is 0 Å². The van der Waals surface area contributed by atoms with Crippen molar-refractivity contribution in [3.8, 4) is 0 Å². The number of aryl methyl sites for hydroxylation is 1. The van der Waals surface area contributed by atoms with E-state index >= 15 is 0 Å². The molecule has 206 valence electrons. The summed E-state index contributed by atoms with van der Waals surface area (Å²) in [5.74, 6) is 0.237.